The third kappa shape index (κ3) is 3.60. The van der Waals surface area contributed by atoms with E-state index < -0.39 is 12.0 Å². The van der Waals surface area contributed by atoms with E-state index in [-0.39, 0.29) is 5.60 Å². The van der Waals surface area contributed by atoms with Crippen molar-refractivity contribution >= 4 is 17.7 Å². The zero-order valence-electron chi connectivity index (χ0n) is 10.5. The standard InChI is InChI=1S/C12H21NO4S/c13-10(11(14)15)8-18-9-1-4-17-12(7-9)2-5-16-6-3-12/h9-10H,1-8,13H2,(H,14,15)/t9?,10-/m0/s1. The Kier molecular flexibility index (Phi) is 4.89. The van der Waals surface area contributed by atoms with Gasteiger partial charge in [-0.2, -0.15) is 11.8 Å². The van der Waals surface area contributed by atoms with Gasteiger partial charge in [0.2, 0.25) is 0 Å². The topological polar surface area (TPSA) is 81.8 Å². The van der Waals surface area contributed by atoms with Gasteiger partial charge in [-0.15, -0.1) is 0 Å². The van der Waals surface area contributed by atoms with Gasteiger partial charge in [-0.3, -0.25) is 4.79 Å². The van der Waals surface area contributed by atoms with Crippen LogP contribution in [0.1, 0.15) is 25.7 Å². The molecule has 0 aliphatic carbocycles. The second kappa shape index (κ2) is 6.23. The molecule has 2 aliphatic rings. The first-order valence-corrected chi connectivity index (χ1v) is 7.48. The lowest BCUT2D eigenvalue weighted by Crippen LogP contribution is -2.45. The van der Waals surface area contributed by atoms with Crippen molar-refractivity contribution in [3.05, 3.63) is 0 Å². The maximum atomic E-state index is 10.7. The molecule has 2 saturated heterocycles. The van der Waals surface area contributed by atoms with Gasteiger partial charge in [0.25, 0.3) is 0 Å². The SMILES string of the molecule is N[C@@H](CSC1CCOC2(CCOCC2)C1)C(=O)O. The first-order valence-electron chi connectivity index (χ1n) is 6.43. The fourth-order valence-electron chi connectivity index (χ4n) is 2.53. The molecule has 0 amide bonds. The van der Waals surface area contributed by atoms with Crippen molar-refractivity contribution in [2.24, 2.45) is 5.73 Å². The Labute approximate surface area is 111 Å². The summed E-state index contributed by atoms with van der Waals surface area (Å²) in [6.45, 7) is 2.30. The molecular weight excluding hydrogens is 254 g/mol. The second-order valence-electron chi connectivity index (χ2n) is 5.04. The molecule has 2 heterocycles. The van der Waals surface area contributed by atoms with Gasteiger partial charge in [0.1, 0.15) is 6.04 Å². The summed E-state index contributed by atoms with van der Waals surface area (Å²) in [4.78, 5) is 10.7. The number of carboxylic acids is 1. The van der Waals surface area contributed by atoms with Crippen LogP contribution in [0, 0.1) is 0 Å². The van der Waals surface area contributed by atoms with Crippen molar-refractivity contribution in [1.29, 1.82) is 0 Å². The minimum absolute atomic E-state index is 0.0263. The molecule has 104 valence electrons. The highest BCUT2D eigenvalue weighted by Gasteiger charge is 2.39. The van der Waals surface area contributed by atoms with Crippen LogP contribution in [0.5, 0.6) is 0 Å². The summed E-state index contributed by atoms with van der Waals surface area (Å²) in [6, 6.07) is -0.761. The fourth-order valence-corrected chi connectivity index (χ4v) is 3.83. The summed E-state index contributed by atoms with van der Waals surface area (Å²) in [5.41, 5.74) is 5.51. The van der Waals surface area contributed by atoms with E-state index in [2.05, 4.69) is 0 Å². The molecule has 0 saturated carbocycles. The van der Waals surface area contributed by atoms with Crippen LogP contribution in [0.4, 0.5) is 0 Å². The quantitative estimate of drug-likeness (QED) is 0.792. The van der Waals surface area contributed by atoms with Crippen LogP contribution in [-0.2, 0) is 14.3 Å². The molecule has 0 aromatic heterocycles. The van der Waals surface area contributed by atoms with E-state index >= 15 is 0 Å². The van der Waals surface area contributed by atoms with E-state index in [9.17, 15) is 4.79 Å². The highest BCUT2D eigenvalue weighted by Crippen LogP contribution is 2.38. The molecule has 5 nitrogen and oxygen atoms in total. The van der Waals surface area contributed by atoms with Crippen LogP contribution in [0.15, 0.2) is 0 Å². The van der Waals surface area contributed by atoms with Crippen LogP contribution >= 0.6 is 11.8 Å². The third-order valence-electron chi connectivity index (χ3n) is 3.68. The molecule has 6 heteroatoms. The van der Waals surface area contributed by atoms with Gasteiger partial charge in [-0.25, -0.2) is 0 Å². The minimum Gasteiger partial charge on any atom is -0.480 e. The number of hydrogen-bond acceptors (Lipinski definition) is 5. The number of nitrogens with two attached hydrogens (primary N) is 1. The van der Waals surface area contributed by atoms with Crippen LogP contribution in [0.3, 0.4) is 0 Å². The van der Waals surface area contributed by atoms with Gasteiger partial charge in [-0.1, -0.05) is 0 Å². The van der Waals surface area contributed by atoms with Crippen molar-refractivity contribution in [1.82, 2.24) is 0 Å². The molecule has 2 atom stereocenters. The number of rotatable bonds is 4. The molecule has 2 aliphatic heterocycles. The smallest absolute Gasteiger partial charge is 0.321 e. The maximum absolute atomic E-state index is 10.7. The molecule has 18 heavy (non-hydrogen) atoms. The average molecular weight is 275 g/mol. The Hall–Kier alpha value is -0.300. The van der Waals surface area contributed by atoms with Crippen LogP contribution < -0.4 is 5.73 Å². The lowest BCUT2D eigenvalue weighted by atomic mass is 9.86. The predicted octanol–water partition coefficient (Wildman–Crippen LogP) is 0.860. The second-order valence-corrected chi connectivity index (χ2v) is 6.37. The number of aliphatic carboxylic acids is 1. The summed E-state index contributed by atoms with van der Waals surface area (Å²) < 4.78 is 11.3. The summed E-state index contributed by atoms with van der Waals surface area (Å²) in [6.07, 6.45) is 3.89. The number of carboxylic acid groups (broad SMARTS) is 1. The molecule has 3 N–H and O–H groups in total. The number of ether oxygens (including phenoxy) is 2. The van der Waals surface area contributed by atoms with Crippen LogP contribution in [0.25, 0.3) is 0 Å². The highest BCUT2D eigenvalue weighted by molar-refractivity contribution is 8.00. The Morgan fingerprint density at radius 1 is 1.44 bits per heavy atom. The van der Waals surface area contributed by atoms with Crippen molar-refractivity contribution in [3.8, 4) is 0 Å². The summed E-state index contributed by atoms with van der Waals surface area (Å²) in [5, 5.41) is 9.23. The zero-order chi connectivity index (χ0) is 13.0. The fraction of sp³-hybridized carbons (Fsp3) is 0.917. The van der Waals surface area contributed by atoms with E-state index in [1.165, 1.54) is 0 Å². The molecule has 1 spiro atoms. The Balaban J connectivity index is 1.81. The van der Waals surface area contributed by atoms with Crippen molar-refractivity contribution < 1.29 is 19.4 Å². The molecule has 0 bridgehead atoms. The van der Waals surface area contributed by atoms with Crippen molar-refractivity contribution in [2.75, 3.05) is 25.6 Å². The van der Waals surface area contributed by atoms with E-state index in [1.54, 1.807) is 11.8 Å². The maximum Gasteiger partial charge on any atom is 0.321 e. The van der Waals surface area contributed by atoms with Gasteiger partial charge in [0, 0.05) is 30.8 Å². The molecule has 0 aromatic carbocycles. The summed E-state index contributed by atoms with van der Waals surface area (Å²) in [7, 11) is 0. The molecule has 1 unspecified atom stereocenters. The molecule has 2 fully saturated rings. The minimum atomic E-state index is -0.921. The molecule has 0 aromatic rings. The average Bonchev–Trinajstić information content (AvgIpc) is 2.37. The van der Waals surface area contributed by atoms with Gasteiger partial charge in [0.15, 0.2) is 0 Å². The van der Waals surface area contributed by atoms with Gasteiger partial charge in [-0.05, 0) is 25.7 Å². The van der Waals surface area contributed by atoms with E-state index in [4.69, 9.17) is 20.3 Å². The third-order valence-corrected chi connectivity index (χ3v) is 5.11. The van der Waals surface area contributed by atoms with Crippen LogP contribution in [0.2, 0.25) is 0 Å². The summed E-state index contributed by atoms with van der Waals surface area (Å²) in [5.74, 6) is -0.442. The number of thioether (sulfide) groups is 1. The first kappa shape index (κ1) is 14.1. The normalized spacial score (nSPS) is 29.1. The van der Waals surface area contributed by atoms with E-state index in [0.717, 1.165) is 45.5 Å². The summed E-state index contributed by atoms with van der Waals surface area (Å²) >= 11 is 1.67. The molecule has 2 rings (SSSR count). The van der Waals surface area contributed by atoms with Gasteiger partial charge >= 0.3 is 5.97 Å². The highest BCUT2D eigenvalue weighted by atomic mass is 32.2. The number of carbonyl (C=O) groups is 1. The predicted molar refractivity (Wildman–Crippen MR) is 69.8 cm³/mol. The lowest BCUT2D eigenvalue weighted by Gasteiger charge is -2.43. The van der Waals surface area contributed by atoms with Gasteiger partial charge < -0.3 is 20.3 Å². The Morgan fingerprint density at radius 2 is 2.17 bits per heavy atom. The lowest BCUT2D eigenvalue weighted by molar-refractivity contribution is -0.137. The van der Waals surface area contributed by atoms with Crippen LogP contribution in [-0.4, -0.2) is 53.5 Å². The van der Waals surface area contributed by atoms with Crippen molar-refractivity contribution in [3.63, 3.8) is 0 Å². The molecular formula is C12H21NO4S. The Bertz CT molecular complexity index is 288. The zero-order valence-corrected chi connectivity index (χ0v) is 11.3. The van der Waals surface area contributed by atoms with Gasteiger partial charge in [0.05, 0.1) is 5.60 Å². The molecule has 0 radical (unpaired) electrons. The Morgan fingerprint density at radius 3 is 2.83 bits per heavy atom. The number of hydrogen-bond donors (Lipinski definition) is 2. The largest absolute Gasteiger partial charge is 0.480 e. The van der Waals surface area contributed by atoms with E-state index in [1.807, 2.05) is 0 Å². The van der Waals surface area contributed by atoms with E-state index in [0.29, 0.717) is 11.0 Å². The monoisotopic (exact) mass is 275 g/mol. The first-order chi connectivity index (χ1) is 8.61. The van der Waals surface area contributed by atoms with Crippen molar-refractivity contribution in [2.45, 2.75) is 42.6 Å².